The van der Waals surface area contributed by atoms with Crippen molar-refractivity contribution < 1.29 is 0 Å². The van der Waals surface area contributed by atoms with Crippen molar-refractivity contribution in [1.82, 2.24) is 4.90 Å². The van der Waals surface area contributed by atoms with Gasteiger partial charge in [-0.25, -0.2) is 0 Å². The van der Waals surface area contributed by atoms with Crippen LogP contribution in [-0.2, 0) is 0 Å². The number of hydrogen-bond acceptors (Lipinski definition) is 2. The third-order valence-electron chi connectivity index (χ3n) is 2.79. The van der Waals surface area contributed by atoms with Gasteiger partial charge in [-0.15, -0.1) is 0 Å². The summed E-state index contributed by atoms with van der Waals surface area (Å²) in [5.41, 5.74) is 6.06. The summed E-state index contributed by atoms with van der Waals surface area (Å²) in [5, 5.41) is 0. The van der Waals surface area contributed by atoms with E-state index in [-0.39, 0.29) is 0 Å². The largest absolute Gasteiger partial charge is 0.326 e. The minimum Gasteiger partial charge on any atom is -0.326 e. The average molecular weight is 186 g/mol. The molecule has 2 unspecified atom stereocenters. The highest BCUT2D eigenvalue weighted by Crippen LogP contribution is 2.06. The molecule has 0 aliphatic rings. The highest BCUT2D eigenvalue weighted by Gasteiger charge is 2.12. The van der Waals surface area contributed by atoms with E-state index in [1.54, 1.807) is 0 Å². The van der Waals surface area contributed by atoms with Crippen LogP contribution >= 0.6 is 0 Å². The molecule has 2 atom stereocenters. The molecule has 0 aromatic carbocycles. The first-order valence-corrected chi connectivity index (χ1v) is 5.55. The molecule has 80 valence electrons. The lowest BCUT2D eigenvalue weighted by Gasteiger charge is -2.24. The smallest absolute Gasteiger partial charge is 0.0193 e. The van der Waals surface area contributed by atoms with E-state index >= 15 is 0 Å². The average Bonchev–Trinajstić information content (AvgIpc) is 2.13. The van der Waals surface area contributed by atoms with E-state index in [4.69, 9.17) is 5.73 Å². The van der Waals surface area contributed by atoms with Gasteiger partial charge in [0, 0.05) is 12.6 Å². The second-order valence-corrected chi connectivity index (χ2v) is 4.17. The zero-order chi connectivity index (χ0) is 10.3. The van der Waals surface area contributed by atoms with Gasteiger partial charge in [-0.1, -0.05) is 33.6 Å². The van der Waals surface area contributed by atoms with Crippen LogP contribution in [0.3, 0.4) is 0 Å². The van der Waals surface area contributed by atoms with E-state index in [0.29, 0.717) is 12.0 Å². The summed E-state index contributed by atoms with van der Waals surface area (Å²) in [6, 6.07) is 0.340. The van der Waals surface area contributed by atoms with Gasteiger partial charge in [0.15, 0.2) is 0 Å². The Kier molecular flexibility index (Phi) is 7.29. The van der Waals surface area contributed by atoms with Gasteiger partial charge < -0.3 is 10.6 Å². The lowest BCUT2D eigenvalue weighted by Crippen LogP contribution is -2.39. The van der Waals surface area contributed by atoms with Gasteiger partial charge >= 0.3 is 0 Å². The van der Waals surface area contributed by atoms with Gasteiger partial charge in [-0.2, -0.15) is 0 Å². The number of likely N-dealkylation sites (N-methyl/N-ethyl adjacent to an activating group) is 1. The van der Waals surface area contributed by atoms with Crippen LogP contribution < -0.4 is 5.73 Å². The van der Waals surface area contributed by atoms with Crippen molar-refractivity contribution >= 4 is 0 Å². The Morgan fingerprint density at radius 2 is 1.92 bits per heavy atom. The second kappa shape index (κ2) is 7.34. The highest BCUT2D eigenvalue weighted by atomic mass is 15.1. The Morgan fingerprint density at radius 1 is 1.31 bits per heavy atom. The van der Waals surface area contributed by atoms with E-state index in [0.717, 1.165) is 6.54 Å². The molecule has 2 N–H and O–H groups in total. The Hall–Kier alpha value is -0.0800. The molecular weight excluding hydrogens is 160 g/mol. The van der Waals surface area contributed by atoms with Gasteiger partial charge in [-0.3, -0.25) is 0 Å². The molecule has 0 rings (SSSR count). The van der Waals surface area contributed by atoms with E-state index in [1.807, 2.05) is 0 Å². The quantitative estimate of drug-likeness (QED) is 0.659. The Bertz CT molecular complexity index is 115. The standard InChI is InChI=1S/C11H26N2/c1-5-7-8-13(4)9-11(12)10(3)6-2/h10-11H,5-9,12H2,1-4H3. The molecule has 0 aliphatic carbocycles. The maximum atomic E-state index is 6.06. The maximum absolute atomic E-state index is 6.06. The molecule has 0 fully saturated rings. The fourth-order valence-electron chi connectivity index (χ4n) is 1.36. The molecule has 0 spiro atoms. The van der Waals surface area contributed by atoms with Crippen LogP contribution in [-0.4, -0.2) is 31.1 Å². The SMILES string of the molecule is CCCCN(C)CC(N)C(C)CC. The molecular formula is C11H26N2. The minimum atomic E-state index is 0.340. The van der Waals surface area contributed by atoms with Crippen molar-refractivity contribution in [3.63, 3.8) is 0 Å². The van der Waals surface area contributed by atoms with Crippen LogP contribution in [0.5, 0.6) is 0 Å². The minimum absolute atomic E-state index is 0.340. The number of hydrogen-bond donors (Lipinski definition) is 1. The molecule has 0 radical (unpaired) electrons. The van der Waals surface area contributed by atoms with Crippen molar-refractivity contribution in [3.05, 3.63) is 0 Å². The van der Waals surface area contributed by atoms with Gasteiger partial charge in [0.2, 0.25) is 0 Å². The van der Waals surface area contributed by atoms with Gasteiger partial charge in [-0.05, 0) is 25.9 Å². The van der Waals surface area contributed by atoms with Crippen LogP contribution in [0.1, 0.15) is 40.0 Å². The van der Waals surface area contributed by atoms with Crippen LogP contribution in [0.4, 0.5) is 0 Å². The van der Waals surface area contributed by atoms with Crippen LogP contribution in [0.25, 0.3) is 0 Å². The monoisotopic (exact) mass is 186 g/mol. The second-order valence-electron chi connectivity index (χ2n) is 4.17. The first kappa shape index (κ1) is 12.9. The van der Waals surface area contributed by atoms with Crippen molar-refractivity contribution in [1.29, 1.82) is 0 Å². The molecule has 0 saturated carbocycles. The first-order chi connectivity index (χ1) is 6.11. The molecule has 0 saturated heterocycles. The molecule has 2 heteroatoms. The fraction of sp³-hybridized carbons (Fsp3) is 1.00. The lowest BCUT2D eigenvalue weighted by atomic mass is 10.00. The van der Waals surface area contributed by atoms with Gasteiger partial charge in [0.1, 0.15) is 0 Å². The fourth-order valence-corrected chi connectivity index (χ4v) is 1.36. The van der Waals surface area contributed by atoms with Crippen LogP contribution in [0.15, 0.2) is 0 Å². The van der Waals surface area contributed by atoms with Gasteiger partial charge in [0.05, 0.1) is 0 Å². The molecule has 2 nitrogen and oxygen atoms in total. The van der Waals surface area contributed by atoms with Crippen molar-refractivity contribution in [2.75, 3.05) is 20.1 Å². The number of unbranched alkanes of at least 4 members (excludes halogenated alkanes) is 1. The molecule has 0 aliphatic heterocycles. The molecule has 0 heterocycles. The number of nitrogens with zero attached hydrogens (tertiary/aromatic N) is 1. The molecule has 13 heavy (non-hydrogen) atoms. The maximum Gasteiger partial charge on any atom is 0.0193 e. The molecule has 0 aromatic heterocycles. The Balaban J connectivity index is 3.57. The third-order valence-corrected chi connectivity index (χ3v) is 2.79. The van der Waals surface area contributed by atoms with Crippen LogP contribution in [0, 0.1) is 5.92 Å². The molecule has 0 aromatic rings. The Morgan fingerprint density at radius 3 is 2.38 bits per heavy atom. The number of rotatable bonds is 7. The van der Waals surface area contributed by atoms with Crippen molar-refractivity contribution in [2.24, 2.45) is 11.7 Å². The summed E-state index contributed by atoms with van der Waals surface area (Å²) >= 11 is 0. The summed E-state index contributed by atoms with van der Waals surface area (Å²) in [6.45, 7) is 8.88. The lowest BCUT2D eigenvalue weighted by molar-refractivity contribution is 0.270. The first-order valence-electron chi connectivity index (χ1n) is 5.55. The summed E-state index contributed by atoms with van der Waals surface area (Å²) in [5.74, 6) is 0.643. The van der Waals surface area contributed by atoms with Crippen molar-refractivity contribution in [3.8, 4) is 0 Å². The van der Waals surface area contributed by atoms with E-state index in [2.05, 4.69) is 32.7 Å². The van der Waals surface area contributed by atoms with Gasteiger partial charge in [0.25, 0.3) is 0 Å². The topological polar surface area (TPSA) is 29.3 Å². The summed E-state index contributed by atoms with van der Waals surface area (Å²) in [7, 11) is 2.16. The highest BCUT2D eigenvalue weighted by molar-refractivity contribution is 4.71. The summed E-state index contributed by atoms with van der Waals surface area (Å²) < 4.78 is 0. The predicted molar refractivity (Wildman–Crippen MR) is 59.8 cm³/mol. The summed E-state index contributed by atoms with van der Waals surface area (Å²) in [6.07, 6.45) is 3.73. The van der Waals surface area contributed by atoms with E-state index in [1.165, 1.54) is 25.8 Å². The summed E-state index contributed by atoms with van der Waals surface area (Å²) in [4.78, 5) is 2.35. The van der Waals surface area contributed by atoms with Crippen LogP contribution in [0.2, 0.25) is 0 Å². The number of nitrogens with two attached hydrogens (primary N) is 1. The normalized spacial score (nSPS) is 16.2. The zero-order valence-corrected chi connectivity index (χ0v) is 9.71. The third kappa shape index (κ3) is 6.05. The zero-order valence-electron chi connectivity index (χ0n) is 9.71. The van der Waals surface area contributed by atoms with Crippen molar-refractivity contribution in [2.45, 2.75) is 46.1 Å². The van der Waals surface area contributed by atoms with E-state index in [9.17, 15) is 0 Å². The van der Waals surface area contributed by atoms with E-state index < -0.39 is 0 Å². The molecule has 0 amide bonds. The molecule has 0 bridgehead atoms. The predicted octanol–water partition coefficient (Wildman–Crippen LogP) is 2.09. The Labute approximate surface area is 83.5 Å².